The Morgan fingerprint density at radius 2 is 2.11 bits per heavy atom. The summed E-state index contributed by atoms with van der Waals surface area (Å²) >= 11 is 0. The molecule has 7 nitrogen and oxygen atoms in total. The molecule has 2 heterocycles. The minimum atomic E-state index is -0.804. The van der Waals surface area contributed by atoms with E-state index in [0.29, 0.717) is 18.8 Å². The Hall–Kier alpha value is -1.92. The van der Waals surface area contributed by atoms with Crippen molar-refractivity contribution in [1.82, 2.24) is 25.0 Å². The lowest BCUT2D eigenvalue weighted by Gasteiger charge is -2.30. The van der Waals surface area contributed by atoms with Crippen LogP contribution in [0.5, 0.6) is 0 Å². The molecule has 2 rings (SSSR count). The van der Waals surface area contributed by atoms with Crippen LogP contribution in [0.15, 0.2) is 6.33 Å². The predicted molar refractivity (Wildman–Crippen MR) is 63.5 cm³/mol. The van der Waals surface area contributed by atoms with E-state index in [1.165, 1.54) is 11.2 Å². The lowest BCUT2D eigenvalue weighted by Crippen LogP contribution is -2.46. The van der Waals surface area contributed by atoms with Gasteiger partial charge in [0.2, 0.25) is 0 Å². The van der Waals surface area contributed by atoms with Crippen molar-refractivity contribution in [2.75, 3.05) is 0 Å². The molecule has 0 spiro atoms. The first-order valence-corrected chi connectivity index (χ1v) is 6.02. The molecule has 1 aliphatic rings. The van der Waals surface area contributed by atoms with E-state index in [1.54, 1.807) is 11.6 Å². The fourth-order valence-corrected chi connectivity index (χ4v) is 2.06. The van der Waals surface area contributed by atoms with Crippen molar-refractivity contribution < 1.29 is 9.59 Å². The standard InChI is InChI=1S/C11H17N5O2/c1-4-11(3)9(17)14-10(18)15(11)6-8-12-7-13-16(8)5-2/h7H,4-6H2,1-3H3,(H,14,17,18). The molecule has 1 atom stereocenters. The van der Waals surface area contributed by atoms with E-state index in [9.17, 15) is 9.59 Å². The molecule has 3 amide bonds. The third kappa shape index (κ3) is 1.75. The number of aromatic nitrogens is 3. The summed E-state index contributed by atoms with van der Waals surface area (Å²) in [5, 5.41) is 6.41. The number of nitrogens with one attached hydrogen (secondary N) is 1. The Morgan fingerprint density at radius 1 is 1.39 bits per heavy atom. The van der Waals surface area contributed by atoms with Crippen LogP contribution in [0.1, 0.15) is 33.0 Å². The average molecular weight is 251 g/mol. The van der Waals surface area contributed by atoms with Gasteiger partial charge in [0.05, 0.1) is 6.54 Å². The van der Waals surface area contributed by atoms with E-state index in [-0.39, 0.29) is 18.5 Å². The molecular weight excluding hydrogens is 234 g/mol. The number of amides is 3. The smallest absolute Gasteiger partial charge is 0.302 e. The molecular formula is C11H17N5O2. The van der Waals surface area contributed by atoms with Gasteiger partial charge in [-0.1, -0.05) is 6.92 Å². The third-order valence-corrected chi connectivity index (χ3v) is 3.53. The van der Waals surface area contributed by atoms with Gasteiger partial charge < -0.3 is 4.90 Å². The van der Waals surface area contributed by atoms with Gasteiger partial charge in [-0.25, -0.2) is 14.5 Å². The number of imide groups is 1. The van der Waals surface area contributed by atoms with E-state index >= 15 is 0 Å². The molecule has 1 aromatic heterocycles. The monoisotopic (exact) mass is 251 g/mol. The number of urea groups is 1. The minimum absolute atomic E-state index is 0.252. The Kier molecular flexibility index (Phi) is 3.06. The van der Waals surface area contributed by atoms with Crippen LogP contribution in [-0.2, 0) is 17.9 Å². The molecule has 1 aliphatic heterocycles. The molecule has 7 heteroatoms. The van der Waals surface area contributed by atoms with Crippen LogP contribution in [0, 0.1) is 0 Å². The largest absolute Gasteiger partial charge is 0.325 e. The number of carbonyl (C=O) groups excluding carboxylic acids is 2. The Morgan fingerprint density at radius 3 is 2.72 bits per heavy atom. The van der Waals surface area contributed by atoms with Crippen LogP contribution in [0.4, 0.5) is 4.79 Å². The zero-order chi connectivity index (χ0) is 13.3. The van der Waals surface area contributed by atoms with Gasteiger partial charge in [0.15, 0.2) is 0 Å². The van der Waals surface area contributed by atoms with Crippen molar-refractivity contribution in [3.8, 4) is 0 Å². The van der Waals surface area contributed by atoms with Crippen molar-refractivity contribution in [3.05, 3.63) is 12.2 Å². The van der Waals surface area contributed by atoms with Gasteiger partial charge in [0.1, 0.15) is 17.7 Å². The lowest BCUT2D eigenvalue weighted by atomic mass is 9.97. The molecule has 0 aliphatic carbocycles. The number of rotatable bonds is 4. The maximum Gasteiger partial charge on any atom is 0.325 e. The predicted octanol–water partition coefficient (Wildman–Crippen LogP) is 0.518. The van der Waals surface area contributed by atoms with Gasteiger partial charge in [0.25, 0.3) is 5.91 Å². The molecule has 0 bridgehead atoms. The maximum absolute atomic E-state index is 11.8. The van der Waals surface area contributed by atoms with Gasteiger partial charge in [-0.3, -0.25) is 10.1 Å². The van der Waals surface area contributed by atoms with Gasteiger partial charge in [-0.15, -0.1) is 0 Å². The number of carbonyl (C=O) groups is 2. The Balaban J connectivity index is 2.27. The molecule has 1 saturated heterocycles. The maximum atomic E-state index is 11.8. The number of nitrogens with zero attached hydrogens (tertiary/aromatic N) is 4. The van der Waals surface area contributed by atoms with Crippen LogP contribution >= 0.6 is 0 Å². The Bertz CT molecular complexity index is 484. The highest BCUT2D eigenvalue weighted by molar-refractivity contribution is 6.06. The second kappa shape index (κ2) is 4.40. The molecule has 0 aromatic carbocycles. The highest BCUT2D eigenvalue weighted by atomic mass is 16.2. The van der Waals surface area contributed by atoms with Crippen molar-refractivity contribution in [2.24, 2.45) is 0 Å². The highest BCUT2D eigenvalue weighted by Gasteiger charge is 2.48. The van der Waals surface area contributed by atoms with E-state index in [4.69, 9.17) is 0 Å². The highest BCUT2D eigenvalue weighted by Crippen LogP contribution is 2.26. The first-order chi connectivity index (χ1) is 8.52. The van der Waals surface area contributed by atoms with Gasteiger partial charge in [-0.05, 0) is 20.3 Å². The third-order valence-electron chi connectivity index (χ3n) is 3.53. The summed E-state index contributed by atoms with van der Waals surface area (Å²) in [6.07, 6.45) is 2.02. The summed E-state index contributed by atoms with van der Waals surface area (Å²) in [4.78, 5) is 29.3. The quantitative estimate of drug-likeness (QED) is 0.791. The summed E-state index contributed by atoms with van der Waals surface area (Å²) in [6.45, 7) is 6.57. The molecule has 98 valence electrons. The van der Waals surface area contributed by atoms with Crippen molar-refractivity contribution >= 4 is 11.9 Å². The van der Waals surface area contributed by atoms with Crippen LogP contribution in [0.2, 0.25) is 0 Å². The average Bonchev–Trinajstić information content (AvgIpc) is 2.88. The second-order valence-electron chi connectivity index (χ2n) is 4.46. The molecule has 1 fully saturated rings. The first-order valence-electron chi connectivity index (χ1n) is 6.02. The van der Waals surface area contributed by atoms with E-state index in [1.807, 2.05) is 13.8 Å². The van der Waals surface area contributed by atoms with Gasteiger partial charge in [-0.2, -0.15) is 5.10 Å². The topological polar surface area (TPSA) is 80.1 Å². The summed E-state index contributed by atoms with van der Waals surface area (Å²) < 4.78 is 1.71. The van der Waals surface area contributed by atoms with E-state index in [2.05, 4.69) is 15.4 Å². The summed E-state index contributed by atoms with van der Waals surface area (Å²) in [5.41, 5.74) is -0.804. The zero-order valence-corrected chi connectivity index (χ0v) is 10.8. The lowest BCUT2D eigenvalue weighted by molar-refractivity contribution is -0.126. The number of hydrogen-bond acceptors (Lipinski definition) is 4. The van der Waals surface area contributed by atoms with E-state index < -0.39 is 5.54 Å². The molecule has 1 unspecified atom stereocenters. The molecule has 0 radical (unpaired) electrons. The van der Waals surface area contributed by atoms with Gasteiger partial charge >= 0.3 is 6.03 Å². The second-order valence-corrected chi connectivity index (χ2v) is 4.46. The van der Waals surface area contributed by atoms with Crippen molar-refractivity contribution in [1.29, 1.82) is 0 Å². The fraction of sp³-hybridized carbons (Fsp3) is 0.636. The van der Waals surface area contributed by atoms with Crippen molar-refractivity contribution in [2.45, 2.75) is 45.8 Å². The molecule has 1 N–H and O–H groups in total. The Labute approximate surface area is 105 Å². The summed E-state index contributed by atoms with van der Waals surface area (Å²) in [6, 6.07) is -0.366. The number of aryl methyl sites for hydroxylation is 1. The molecule has 1 aromatic rings. The molecule has 18 heavy (non-hydrogen) atoms. The van der Waals surface area contributed by atoms with Gasteiger partial charge in [0, 0.05) is 6.54 Å². The van der Waals surface area contributed by atoms with Crippen LogP contribution < -0.4 is 5.32 Å². The van der Waals surface area contributed by atoms with Crippen LogP contribution in [0.25, 0.3) is 0 Å². The molecule has 0 saturated carbocycles. The summed E-state index contributed by atoms with van der Waals surface area (Å²) in [7, 11) is 0. The summed E-state index contributed by atoms with van der Waals surface area (Å²) in [5.74, 6) is 0.430. The van der Waals surface area contributed by atoms with Crippen molar-refractivity contribution in [3.63, 3.8) is 0 Å². The minimum Gasteiger partial charge on any atom is -0.302 e. The number of hydrogen-bond donors (Lipinski definition) is 1. The zero-order valence-electron chi connectivity index (χ0n) is 10.8. The SMILES string of the molecule is CCn1ncnc1CN1C(=O)NC(=O)C1(C)CC. The van der Waals surface area contributed by atoms with Crippen LogP contribution in [0.3, 0.4) is 0 Å². The normalized spacial score (nSPS) is 23.6. The fourth-order valence-electron chi connectivity index (χ4n) is 2.06. The van der Waals surface area contributed by atoms with E-state index in [0.717, 1.165) is 0 Å². The van der Waals surface area contributed by atoms with Crippen LogP contribution in [-0.4, -0.2) is 37.1 Å². The first kappa shape index (κ1) is 12.5.